The Bertz CT molecular complexity index is 714. The second-order valence-corrected chi connectivity index (χ2v) is 6.71. The average Bonchev–Trinajstić information content (AvgIpc) is 2.64. The van der Waals surface area contributed by atoms with Crippen LogP contribution in [0, 0.1) is 5.92 Å². The van der Waals surface area contributed by atoms with Crippen LogP contribution in [0.5, 0.6) is 11.5 Å². The van der Waals surface area contributed by atoms with Crippen molar-refractivity contribution in [1.29, 1.82) is 0 Å². The van der Waals surface area contributed by atoms with Crippen molar-refractivity contribution in [3.8, 4) is 11.5 Å². The molecule has 1 fully saturated rings. The lowest BCUT2D eigenvalue weighted by Gasteiger charge is -2.32. The van der Waals surface area contributed by atoms with Crippen LogP contribution in [0.3, 0.4) is 0 Å². The summed E-state index contributed by atoms with van der Waals surface area (Å²) < 4.78 is 5.18. The summed E-state index contributed by atoms with van der Waals surface area (Å²) in [5.41, 5.74) is 2.18. The van der Waals surface area contributed by atoms with Gasteiger partial charge in [0.2, 0.25) is 0 Å². The van der Waals surface area contributed by atoms with Gasteiger partial charge in [0.15, 0.2) is 11.5 Å². The van der Waals surface area contributed by atoms with E-state index < -0.39 is 0 Å². The van der Waals surface area contributed by atoms with Gasteiger partial charge in [0.05, 0.1) is 7.11 Å². The molecule has 4 nitrogen and oxygen atoms in total. The van der Waals surface area contributed by atoms with Crippen LogP contribution in [0.1, 0.15) is 24.0 Å². The number of benzene rings is 2. The quantitative estimate of drug-likeness (QED) is 0.876. The Morgan fingerprint density at radius 2 is 2.00 bits per heavy atom. The van der Waals surface area contributed by atoms with Crippen molar-refractivity contribution in [2.24, 2.45) is 5.92 Å². The van der Waals surface area contributed by atoms with Gasteiger partial charge in [-0.05, 0) is 42.6 Å². The molecule has 1 saturated heterocycles. The van der Waals surface area contributed by atoms with Gasteiger partial charge in [0, 0.05) is 25.4 Å². The first kappa shape index (κ1) is 17.5. The Balaban J connectivity index is 1.60. The zero-order valence-corrected chi connectivity index (χ0v) is 14.6. The minimum atomic E-state index is 0.105. The molecule has 4 heteroatoms. The van der Waals surface area contributed by atoms with Crippen molar-refractivity contribution in [3.05, 3.63) is 59.7 Å². The largest absolute Gasteiger partial charge is 0.504 e. The number of phenols is 1. The number of methoxy groups -OCH3 is 1. The zero-order valence-electron chi connectivity index (χ0n) is 14.6. The number of hydrogen-bond acceptors (Lipinski definition) is 4. The van der Waals surface area contributed by atoms with Crippen molar-refractivity contribution in [3.63, 3.8) is 0 Å². The van der Waals surface area contributed by atoms with Gasteiger partial charge >= 0.3 is 0 Å². The molecule has 0 spiro atoms. The molecule has 3 rings (SSSR count). The molecule has 1 aliphatic rings. The van der Waals surface area contributed by atoms with Gasteiger partial charge in [-0.15, -0.1) is 0 Å². The maximum Gasteiger partial charge on any atom is 0.160 e. The lowest BCUT2D eigenvalue weighted by atomic mass is 9.90. The molecule has 0 aliphatic carbocycles. The minimum absolute atomic E-state index is 0.105. The van der Waals surface area contributed by atoms with Crippen LogP contribution in [0.4, 0.5) is 0 Å². The number of phenolic OH excluding ortho intramolecular Hbond substituents is 1. The SMILES string of the molecule is COc1cc(CN2CCC[C@@H](C(=O)Cc3ccccc3)C2)ccc1O. The molecule has 2 aromatic rings. The molecule has 1 N–H and O–H groups in total. The van der Waals surface area contributed by atoms with E-state index in [2.05, 4.69) is 4.90 Å². The third kappa shape index (κ3) is 4.60. The molecule has 0 radical (unpaired) electrons. The van der Waals surface area contributed by atoms with Gasteiger partial charge in [0.1, 0.15) is 5.78 Å². The van der Waals surface area contributed by atoms with Crippen molar-refractivity contribution in [2.75, 3.05) is 20.2 Å². The summed E-state index contributed by atoms with van der Waals surface area (Å²) >= 11 is 0. The summed E-state index contributed by atoms with van der Waals surface area (Å²) in [4.78, 5) is 15.0. The standard InChI is InChI=1S/C21H25NO3/c1-25-21-13-17(9-10-19(21)23)14-22-11-5-8-18(15-22)20(24)12-16-6-3-2-4-7-16/h2-4,6-7,9-10,13,18,23H,5,8,11-12,14-15H2,1H3/t18-/m1/s1. The molecule has 1 aliphatic heterocycles. The Morgan fingerprint density at radius 1 is 1.20 bits per heavy atom. The van der Waals surface area contributed by atoms with Gasteiger partial charge < -0.3 is 9.84 Å². The molecular formula is C21H25NO3. The molecule has 1 atom stereocenters. The highest BCUT2D eigenvalue weighted by Crippen LogP contribution is 2.28. The number of piperidine rings is 1. The predicted octanol–water partition coefficient (Wildman–Crippen LogP) is 3.42. The van der Waals surface area contributed by atoms with Crippen LogP contribution < -0.4 is 4.74 Å². The number of ketones is 1. The number of carbonyl (C=O) groups excluding carboxylic acids is 1. The highest BCUT2D eigenvalue weighted by molar-refractivity contribution is 5.83. The van der Waals surface area contributed by atoms with Gasteiger partial charge in [0.25, 0.3) is 0 Å². The van der Waals surface area contributed by atoms with Crippen LogP contribution in [-0.4, -0.2) is 36.0 Å². The summed E-state index contributed by atoms with van der Waals surface area (Å²) in [6.07, 6.45) is 2.54. The fourth-order valence-corrected chi connectivity index (χ4v) is 3.48. The van der Waals surface area contributed by atoms with Gasteiger partial charge in [-0.25, -0.2) is 0 Å². The normalized spacial score (nSPS) is 18.0. The van der Waals surface area contributed by atoms with Gasteiger partial charge in [-0.1, -0.05) is 36.4 Å². The Kier molecular flexibility index (Phi) is 5.71. The van der Waals surface area contributed by atoms with Crippen molar-refractivity contribution < 1.29 is 14.6 Å². The van der Waals surface area contributed by atoms with Crippen LogP contribution >= 0.6 is 0 Å². The molecular weight excluding hydrogens is 314 g/mol. The van der Waals surface area contributed by atoms with Crippen molar-refractivity contribution in [2.45, 2.75) is 25.8 Å². The molecule has 1 heterocycles. The predicted molar refractivity (Wildman–Crippen MR) is 97.8 cm³/mol. The van der Waals surface area contributed by atoms with E-state index >= 15 is 0 Å². The van der Waals surface area contributed by atoms with Crippen LogP contribution in [0.25, 0.3) is 0 Å². The molecule has 0 bridgehead atoms. The van der Waals surface area contributed by atoms with Crippen molar-refractivity contribution in [1.82, 2.24) is 4.90 Å². The highest BCUT2D eigenvalue weighted by Gasteiger charge is 2.25. The fraction of sp³-hybridized carbons (Fsp3) is 0.381. The van der Waals surface area contributed by atoms with E-state index in [1.807, 2.05) is 42.5 Å². The summed E-state index contributed by atoms with van der Waals surface area (Å²) in [6.45, 7) is 2.57. The first-order chi connectivity index (χ1) is 12.2. The summed E-state index contributed by atoms with van der Waals surface area (Å²) in [7, 11) is 1.55. The summed E-state index contributed by atoms with van der Waals surface area (Å²) in [6, 6.07) is 15.4. The van der Waals surface area contributed by atoms with E-state index in [-0.39, 0.29) is 11.7 Å². The number of rotatable bonds is 6. The number of likely N-dealkylation sites (tertiary alicyclic amines) is 1. The molecule has 0 aromatic heterocycles. The van der Waals surface area contributed by atoms with E-state index in [0.29, 0.717) is 18.0 Å². The highest BCUT2D eigenvalue weighted by atomic mass is 16.5. The lowest BCUT2D eigenvalue weighted by molar-refractivity contribution is -0.123. The number of carbonyl (C=O) groups is 1. The maximum atomic E-state index is 12.6. The maximum absolute atomic E-state index is 12.6. The van der Waals surface area contributed by atoms with E-state index in [9.17, 15) is 9.90 Å². The third-order valence-corrected chi connectivity index (χ3v) is 4.83. The fourth-order valence-electron chi connectivity index (χ4n) is 3.48. The van der Waals surface area contributed by atoms with Crippen LogP contribution in [-0.2, 0) is 17.8 Å². The molecule has 25 heavy (non-hydrogen) atoms. The van der Waals surface area contributed by atoms with Crippen LogP contribution in [0.2, 0.25) is 0 Å². The Labute approximate surface area is 149 Å². The van der Waals surface area contributed by atoms with Gasteiger partial charge in [-0.2, -0.15) is 0 Å². The molecule has 0 unspecified atom stereocenters. The second-order valence-electron chi connectivity index (χ2n) is 6.71. The average molecular weight is 339 g/mol. The Hall–Kier alpha value is -2.33. The zero-order chi connectivity index (χ0) is 17.6. The van der Waals surface area contributed by atoms with E-state index in [1.54, 1.807) is 13.2 Å². The molecule has 2 aromatic carbocycles. The second kappa shape index (κ2) is 8.17. The molecule has 132 valence electrons. The third-order valence-electron chi connectivity index (χ3n) is 4.83. The number of Topliss-reactive ketones (excluding diaryl/α,β-unsaturated/α-hetero) is 1. The minimum Gasteiger partial charge on any atom is -0.504 e. The first-order valence-electron chi connectivity index (χ1n) is 8.80. The van der Waals surface area contributed by atoms with E-state index in [1.165, 1.54) is 0 Å². The molecule has 0 amide bonds. The number of aromatic hydroxyl groups is 1. The summed E-state index contributed by atoms with van der Waals surface area (Å²) in [5.74, 6) is 1.08. The monoisotopic (exact) mass is 339 g/mol. The first-order valence-corrected chi connectivity index (χ1v) is 8.80. The molecule has 0 saturated carbocycles. The Morgan fingerprint density at radius 3 is 2.76 bits per heavy atom. The van der Waals surface area contributed by atoms with E-state index in [0.717, 1.165) is 43.6 Å². The topological polar surface area (TPSA) is 49.8 Å². The summed E-state index contributed by atoms with van der Waals surface area (Å²) in [5, 5.41) is 9.71. The number of nitrogens with zero attached hydrogens (tertiary/aromatic N) is 1. The lowest BCUT2D eigenvalue weighted by Crippen LogP contribution is -2.38. The van der Waals surface area contributed by atoms with Crippen molar-refractivity contribution >= 4 is 5.78 Å². The van der Waals surface area contributed by atoms with Gasteiger partial charge in [-0.3, -0.25) is 9.69 Å². The number of hydrogen-bond donors (Lipinski definition) is 1. The smallest absolute Gasteiger partial charge is 0.160 e. The number of ether oxygens (including phenoxy) is 1. The van der Waals surface area contributed by atoms with Crippen LogP contribution in [0.15, 0.2) is 48.5 Å². The van der Waals surface area contributed by atoms with E-state index in [4.69, 9.17) is 4.74 Å².